The van der Waals surface area contributed by atoms with Crippen LogP contribution < -0.4 is 15.6 Å². The Bertz CT molecular complexity index is 508. The second kappa shape index (κ2) is 5.94. The maximum Gasteiger partial charge on any atom is 0.276 e. The van der Waals surface area contributed by atoms with E-state index in [0.29, 0.717) is 11.7 Å². The lowest BCUT2D eigenvalue weighted by Gasteiger charge is -2.12. The Labute approximate surface area is 118 Å². The van der Waals surface area contributed by atoms with Crippen molar-refractivity contribution in [1.29, 1.82) is 0 Å². The maximum atomic E-state index is 11.6. The van der Waals surface area contributed by atoms with Gasteiger partial charge in [0.1, 0.15) is 5.75 Å². The Morgan fingerprint density at radius 3 is 2.40 bits per heavy atom. The van der Waals surface area contributed by atoms with Crippen molar-refractivity contribution in [2.45, 2.75) is 27.2 Å². The third kappa shape index (κ3) is 3.50. The second-order valence-electron chi connectivity index (χ2n) is 5.37. The van der Waals surface area contributed by atoms with Gasteiger partial charge in [-0.1, -0.05) is 25.1 Å². The molecule has 1 fully saturated rings. The molecule has 2 N–H and O–H groups in total. The fraction of sp³-hybridized carbons (Fsp3) is 0.467. The molecule has 2 amide bonds. The Balaban J connectivity index is 1.76. The molecule has 0 unspecified atom stereocenters. The Kier molecular flexibility index (Phi) is 4.27. The van der Waals surface area contributed by atoms with E-state index in [4.69, 9.17) is 4.74 Å². The zero-order chi connectivity index (χ0) is 14.7. The van der Waals surface area contributed by atoms with Crippen molar-refractivity contribution in [3.05, 3.63) is 29.3 Å². The number of hydrogen-bond donors (Lipinski definition) is 2. The fourth-order valence-corrected chi connectivity index (χ4v) is 2.11. The van der Waals surface area contributed by atoms with Crippen molar-refractivity contribution in [2.24, 2.45) is 11.8 Å². The minimum absolute atomic E-state index is 0.0369. The lowest BCUT2D eigenvalue weighted by atomic mass is 10.1. The van der Waals surface area contributed by atoms with Gasteiger partial charge in [0.25, 0.3) is 5.91 Å². The van der Waals surface area contributed by atoms with Crippen molar-refractivity contribution in [2.75, 3.05) is 6.61 Å². The third-order valence-electron chi connectivity index (χ3n) is 3.53. The molecule has 1 aliphatic carbocycles. The molecular weight excluding hydrogens is 256 g/mol. The molecule has 1 aromatic carbocycles. The summed E-state index contributed by atoms with van der Waals surface area (Å²) in [5.41, 5.74) is 6.75. The first-order chi connectivity index (χ1) is 9.49. The van der Waals surface area contributed by atoms with Gasteiger partial charge in [-0.05, 0) is 37.3 Å². The first-order valence-electron chi connectivity index (χ1n) is 6.76. The van der Waals surface area contributed by atoms with Crippen LogP contribution in [0.2, 0.25) is 0 Å². The van der Waals surface area contributed by atoms with E-state index >= 15 is 0 Å². The fourth-order valence-electron chi connectivity index (χ4n) is 2.11. The van der Waals surface area contributed by atoms with Crippen LogP contribution in [0.4, 0.5) is 0 Å². The molecule has 0 heterocycles. The molecule has 0 radical (unpaired) electrons. The Morgan fingerprint density at radius 1 is 1.25 bits per heavy atom. The molecule has 0 bridgehead atoms. The number of hydrogen-bond acceptors (Lipinski definition) is 3. The number of aryl methyl sites for hydroxylation is 2. The molecule has 20 heavy (non-hydrogen) atoms. The summed E-state index contributed by atoms with van der Waals surface area (Å²) in [5, 5.41) is 0. The lowest BCUT2D eigenvalue weighted by Crippen LogP contribution is -2.44. The van der Waals surface area contributed by atoms with E-state index in [2.05, 4.69) is 10.9 Å². The van der Waals surface area contributed by atoms with Gasteiger partial charge < -0.3 is 4.74 Å². The van der Waals surface area contributed by atoms with Crippen molar-refractivity contribution >= 4 is 11.8 Å². The minimum atomic E-state index is -0.366. The van der Waals surface area contributed by atoms with E-state index in [1.165, 1.54) is 0 Å². The molecule has 1 aliphatic rings. The van der Waals surface area contributed by atoms with Gasteiger partial charge in [0.2, 0.25) is 5.91 Å². The number of amides is 2. The highest BCUT2D eigenvalue weighted by Crippen LogP contribution is 2.37. The summed E-state index contributed by atoms with van der Waals surface area (Å²) < 4.78 is 5.50. The molecule has 0 aromatic heterocycles. The summed E-state index contributed by atoms with van der Waals surface area (Å²) in [7, 11) is 0. The summed E-state index contributed by atoms with van der Waals surface area (Å²) in [5.74, 6) is 0.671. The smallest absolute Gasteiger partial charge is 0.276 e. The molecule has 0 aliphatic heterocycles. The van der Waals surface area contributed by atoms with Crippen molar-refractivity contribution in [3.8, 4) is 5.75 Å². The highest BCUT2D eigenvalue weighted by Gasteiger charge is 2.39. The highest BCUT2D eigenvalue weighted by atomic mass is 16.5. The van der Waals surface area contributed by atoms with Gasteiger partial charge in [-0.2, -0.15) is 0 Å². The summed E-state index contributed by atoms with van der Waals surface area (Å²) in [6.07, 6.45) is 0.889. The van der Waals surface area contributed by atoms with Crippen LogP contribution >= 0.6 is 0 Å². The SMILES string of the molecule is Cc1cccc(C)c1OCC(=O)NNC(=O)[C@H]1C[C@H]1C. The van der Waals surface area contributed by atoms with E-state index in [1.807, 2.05) is 39.0 Å². The highest BCUT2D eigenvalue weighted by molar-refractivity contribution is 5.85. The van der Waals surface area contributed by atoms with E-state index in [1.54, 1.807) is 0 Å². The number of benzene rings is 1. The van der Waals surface area contributed by atoms with Gasteiger partial charge in [-0.3, -0.25) is 20.4 Å². The summed E-state index contributed by atoms with van der Waals surface area (Å²) in [6.45, 7) is 5.75. The van der Waals surface area contributed by atoms with Gasteiger partial charge >= 0.3 is 0 Å². The quantitative estimate of drug-likeness (QED) is 0.819. The van der Waals surface area contributed by atoms with E-state index in [0.717, 1.165) is 17.5 Å². The largest absolute Gasteiger partial charge is 0.483 e. The normalized spacial score (nSPS) is 20.1. The zero-order valence-electron chi connectivity index (χ0n) is 12.0. The summed E-state index contributed by atoms with van der Waals surface area (Å²) in [4.78, 5) is 23.2. The van der Waals surface area contributed by atoms with Gasteiger partial charge in [0.15, 0.2) is 6.61 Å². The average molecular weight is 276 g/mol. The molecule has 2 rings (SSSR count). The molecule has 2 atom stereocenters. The topological polar surface area (TPSA) is 67.4 Å². The molecule has 5 nitrogen and oxygen atoms in total. The van der Waals surface area contributed by atoms with Crippen LogP contribution in [0.25, 0.3) is 0 Å². The Hall–Kier alpha value is -2.04. The predicted octanol–water partition coefficient (Wildman–Crippen LogP) is 1.49. The van der Waals surface area contributed by atoms with E-state index < -0.39 is 0 Å². The molecule has 0 spiro atoms. The predicted molar refractivity (Wildman–Crippen MR) is 75.0 cm³/mol. The number of ether oxygens (including phenoxy) is 1. The number of nitrogens with one attached hydrogen (secondary N) is 2. The minimum Gasteiger partial charge on any atom is -0.483 e. The Morgan fingerprint density at radius 2 is 1.85 bits per heavy atom. The first-order valence-corrected chi connectivity index (χ1v) is 6.76. The van der Waals surface area contributed by atoms with Crippen LogP contribution in [0, 0.1) is 25.7 Å². The number of para-hydroxylation sites is 1. The molecule has 1 saturated carbocycles. The van der Waals surface area contributed by atoms with Crippen LogP contribution in [0.3, 0.4) is 0 Å². The monoisotopic (exact) mass is 276 g/mol. The van der Waals surface area contributed by atoms with Crippen LogP contribution in [0.1, 0.15) is 24.5 Å². The van der Waals surface area contributed by atoms with Crippen LogP contribution in [0.15, 0.2) is 18.2 Å². The molecule has 0 saturated heterocycles. The van der Waals surface area contributed by atoms with Crippen molar-refractivity contribution < 1.29 is 14.3 Å². The molecule has 5 heteroatoms. The molecular formula is C15H20N2O3. The van der Waals surface area contributed by atoms with Crippen molar-refractivity contribution in [3.63, 3.8) is 0 Å². The van der Waals surface area contributed by atoms with Crippen molar-refractivity contribution in [1.82, 2.24) is 10.9 Å². The molecule has 108 valence electrons. The van der Waals surface area contributed by atoms with Gasteiger partial charge in [0.05, 0.1) is 0 Å². The standard InChI is InChI=1S/C15H20N2O3/c1-9-5-4-6-10(2)14(9)20-8-13(18)16-17-15(19)12-7-11(12)3/h4-6,11-12H,7-8H2,1-3H3,(H,16,18)(H,17,19)/t11-,12+/m1/s1. The number of carbonyl (C=O) groups is 2. The number of rotatable bonds is 4. The van der Waals surface area contributed by atoms with Crippen LogP contribution in [0.5, 0.6) is 5.75 Å². The third-order valence-corrected chi connectivity index (χ3v) is 3.53. The van der Waals surface area contributed by atoms with Gasteiger partial charge in [0, 0.05) is 5.92 Å². The van der Waals surface area contributed by atoms with Gasteiger partial charge in [-0.15, -0.1) is 0 Å². The maximum absolute atomic E-state index is 11.6. The van der Waals surface area contributed by atoms with E-state index in [-0.39, 0.29) is 24.3 Å². The summed E-state index contributed by atoms with van der Waals surface area (Å²) in [6, 6.07) is 5.79. The second-order valence-corrected chi connectivity index (χ2v) is 5.37. The lowest BCUT2D eigenvalue weighted by molar-refractivity contribution is -0.130. The summed E-state index contributed by atoms with van der Waals surface area (Å²) >= 11 is 0. The number of hydrazine groups is 1. The number of carbonyl (C=O) groups excluding carboxylic acids is 2. The average Bonchev–Trinajstić information content (AvgIpc) is 3.12. The van der Waals surface area contributed by atoms with Crippen LogP contribution in [-0.2, 0) is 9.59 Å². The van der Waals surface area contributed by atoms with Crippen LogP contribution in [-0.4, -0.2) is 18.4 Å². The van der Waals surface area contributed by atoms with E-state index in [9.17, 15) is 9.59 Å². The first kappa shape index (κ1) is 14.4. The molecule has 1 aromatic rings. The zero-order valence-corrected chi connectivity index (χ0v) is 12.0. The van der Waals surface area contributed by atoms with Gasteiger partial charge in [-0.25, -0.2) is 0 Å².